The van der Waals surface area contributed by atoms with Gasteiger partial charge in [0.05, 0.1) is 11.3 Å². The fourth-order valence-electron chi connectivity index (χ4n) is 4.56. The number of rotatable bonds is 7. The van der Waals surface area contributed by atoms with E-state index < -0.39 is 23.6 Å². The second-order valence-corrected chi connectivity index (χ2v) is 8.86. The number of nitrogens with two attached hydrogens (primary N) is 1. The molecule has 1 aliphatic carbocycles. The number of amides is 2. The maximum absolute atomic E-state index is 13.6. The van der Waals surface area contributed by atoms with Crippen LogP contribution >= 0.6 is 0 Å². The number of carbonyl (C=O) groups excluding carboxylic acids is 2. The van der Waals surface area contributed by atoms with Crippen molar-refractivity contribution in [2.24, 2.45) is 17.6 Å². The quantitative estimate of drug-likeness (QED) is 0.481. The molecule has 2 aromatic carbocycles. The van der Waals surface area contributed by atoms with E-state index >= 15 is 0 Å². The summed E-state index contributed by atoms with van der Waals surface area (Å²) in [5.74, 6) is -1.46. The Bertz CT molecular complexity index is 1230. The molecule has 1 heterocycles. The number of anilines is 3. The summed E-state index contributed by atoms with van der Waals surface area (Å²) in [5.41, 5.74) is 6.05. The van der Waals surface area contributed by atoms with Crippen LogP contribution in [0.3, 0.4) is 0 Å². The SMILES string of the molecule is CN(C(=O)c1ccc(Nc2ncc(C(F)(F)F)c(C[C@@H]3CCC[C@@H]3C(N)=O)n2)cc1)c1ccccc1. The maximum atomic E-state index is 13.6. The van der Waals surface area contributed by atoms with Gasteiger partial charge < -0.3 is 16.0 Å². The van der Waals surface area contributed by atoms with Crippen LogP contribution in [0.5, 0.6) is 0 Å². The van der Waals surface area contributed by atoms with E-state index in [1.54, 1.807) is 31.3 Å². The Morgan fingerprint density at radius 1 is 1.08 bits per heavy atom. The predicted octanol–water partition coefficient (Wildman–Crippen LogP) is 4.96. The largest absolute Gasteiger partial charge is 0.419 e. The van der Waals surface area contributed by atoms with E-state index in [2.05, 4.69) is 15.3 Å². The summed E-state index contributed by atoms with van der Waals surface area (Å²) < 4.78 is 40.8. The van der Waals surface area contributed by atoms with Crippen molar-refractivity contribution in [1.29, 1.82) is 0 Å². The Morgan fingerprint density at radius 2 is 1.78 bits per heavy atom. The van der Waals surface area contributed by atoms with Gasteiger partial charge in [-0.05, 0) is 61.6 Å². The molecule has 0 unspecified atom stereocenters. The van der Waals surface area contributed by atoms with Crippen LogP contribution in [0.4, 0.5) is 30.5 Å². The highest BCUT2D eigenvalue weighted by Crippen LogP contribution is 2.38. The van der Waals surface area contributed by atoms with E-state index in [1.165, 1.54) is 4.90 Å². The van der Waals surface area contributed by atoms with Crippen LogP contribution in [0.15, 0.2) is 60.8 Å². The highest BCUT2D eigenvalue weighted by Gasteiger charge is 2.38. The Labute approximate surface area is 206 Å². The molecule has 1 saturated carbocycles. The summed E-state index contributed by atoms with van der Waals surface area (Å²) in [6.45, 7) is 0. The van der Waals surface area contributed by atoms with Gasteiger partial charge in [-0.2, -0.15) is 13.2 Å². The van der Waals surface area contributed by atoms with Crippen LogP contribution in [-0.4, -0.2) is 28.8 Å². The monoisotopic (exact) mass is 497 g/mol. The van der Waals surface area contributed by atoms with Crippen LogP contribution in [0.1, 0.15) is 40.9 Å². The first kappa shape index (κ1) is 25.2. The van der Waals surface area contributed by atoms with E-state index in [9.17, 15) is 22.8 Å². The van der Waals surface area contributed by atoms with Crippen molar-refractivity contribution >= 4 is 29.1 Å². The number of alkyl halides is 3. The average molecular weight is 498 g/mol. The molecular weight excluding hydrogens is 471 g/mol. The van der Waals surface area contributed by atoms with Crippen LogP contribution in [-0.2, 0) is 17.4 Å². The molecule has 0 saturated heterocycles. The minimum absolute atomic E-state index is 0.00731. The predicted molar refractivity (Wildman–Crippen MR) is 130 cm³/mol. The molecule has 3 N–H and O–H groups in total. The zero-order chi connectivity index (χ0) is 25.9. The third-order valence-electron chi connectivity index (χ3n) is 6.49. The zero-order valence-electron chi connectivity index (χ0n) is 19.6. The van der Waals surface area contributed by atoms with Crippen LogP contribution in [0.25, 0.3) is 0 Å². The Hall–Kier alpha value is -3.95. The van der Waals surface area contributed by atoms with E-state index in [-0.39, 0.29) is 29.9 Å². The Morgan fingerprint density at radius 3 is 2.42 bits per heavy atom. The number of nitrogens with zero attached hydrogens (tertiary/aromatic N) is 3. The maximum Gasteiger partial charge on any atom is 0.419 e. The molecule has 2 atom stereocenters. The molecule has 2 amide bonds. The van der Waals surface area contributed by atoms with Crippen molar-refractivity contribution in [2.45, 2.75) is 31.9 Å². The molecule has 3 aromatic rings. The smallest absolute Gasteiger partial charge is 0.369 e. The Balaban J connectivity index is 1.52. The van der Waals surface area contributed by atoms with E-state index in [4.69, 9.17) is 5.73 Å². The minimum Gasteiger partial charge on any atom is -0.369 e. The first-order chi connectivity index (χ1) is 17.1. The van der Waals surface area contributed by atoms with Gasteiger partial charge in [0.1, 0.15) is 0 Å². The lowest BCUT2D eigenvalue weighted by Crippen LogP contribution is -2.28. The van der Waals surface area contributed by atoms with E-state index in [1.807, 2.05) is 30.3 Å². The van der Waals surface area contributed by atoms with Gasteiger partial charge in [-0.15, -0.1) is 0 Å². The second-order valence-electron chi connectivity index (χ2n) is 8.86. The molecule has 4 rings (SSSR count). The molecule has 36 heavy (non-hydrogen) atoms. The van der Waals surface area contributed by atoms with Crippen molar-refractivity contribution in [3.8, 4) is 0 Å². The standard InChI is InChI=1S/C26H26F3N5O2/c1-34(19-7-3-2-4-8-19)24(36)16-10-12-18(13-11-16)32-25-31-15-21(26(27,28)29)22(33-25)14-17-6-5-9-20(17)23(30)35/h2-4,7-8,10-13,15,17,20H,5-6,9,14H2,1H3,(H2,30,35)(H,31,32,33)/t17-,20-/m0/s1. The lowest BCUT2D eigenvalue weighted by Gasteiger charge is -2.19. The summed E-state index contributed by atoms with van der Waals surface area (Å²) in [5, 5.41) is 2.90. The topological polar surface area (TPSA) is 101 Å². The number of aromatic nitrogens is 2. The number of nitrogens with one attached hydrogen (secondary N) is 1. The molecule has 10 heteroatoms. The normalized spacial score (nSPS) is 17.6. The third kappa shape index (κ3) is 5.64. The summed E-state index contributed by atoms with van der Waals surface area (Å²) >= 11 is 0. The minimum atomic E-state index is -4.62. The van der Waals surface area contributed by atoms with Gasteiger partial charge >= 0.3 is 6.18 Å². The van der Waals surface area contributed by atoms with Gasteiger partial charge in [-0.25, -0.2) is 9.97 Å². The molecular formula is C26H26F3N5O2. The highest BCUT2D eigenvalue weighted by atomic mass is 19.4. The highest BCUT2D eigenvalue weighted by molar-refractivity contribution is 6.05. The van der Waals surface area contributed by atoms with Crippen molar-refractivity contribution < 1.29 is 22.8 Å². The first-order valence-electron chi connectivity index (χ1n) is 11.6. The zero-order valence-corrected chi connectivity index (χ0v) is 19.6. The number of hydrogen-bond donors (Lipinski definition) is 2. The molecule has 0 bridgehead atoms. The van der Waals surface area contributed by atoms with Gasteiger partial charge in [0.15, 0.2) is 0 Å². The van der Waals surface area contributed by atoms with Crippen molar-refractivity contribution in [1.82, 2.24) is 9.97 Å². The van der Waals surface area contributed by atoms with Crippen LogP contribution < -0.4 is 16.0 Å². The fourth-order valence-corrected chi connectivity index (χ4v) is 4.56. The molecule has 0 radical (unpaired) electrons. The fraction of sp³-hybridized carbons (Fsp3) is 0.308. The first-order valence-corrected chi connectivity index (χ1v) is 11.6. The number of primary amides is 1. The van der Waals surface area contributed by atoms with Crippen LogP contribution in [0, 0.1) is 11.8 Å². The van der Waals surface area contributed by atoms with Gasteiger partial charge in [0.25, 0.3) is 5.91 Å². The van der Waals surface area contributed by atoms with Gasteiger partial charge in [-0.1, -0.05) is 24.6 Å². The summed E-state index contributed by atoms with van der Waals surface area (Å²) in [6.07, 6.45) is -1.96. The van der Waals surface area contributed by atoms with Crippen molar-refractivity contribution in [3.63, 3.8) is 0 Å². The number of halogens is 3. The molecule has 1 aliphatic rings. The lowest BCUT2D eigenvalue weighted by molar-refractivity contribution is -0.138. The molecule has 7 nitrogen and oxygen atoms in total. The van der Waals surface area contributed by atoms with Crippen LogP contribution in [0.2, 0.25) is 0 Å². The number of benzene rings is 2. The Kier molecular flexibility index (Phi) is 7.23. The molecule has 0 aliphatic heterocycles. The summed E-state index contributed by atoms with van der Waals surface area (Å²) in [6, 6.07) is 15.7. The summed E-state index contributed by atoms with van der Waals surface area (Å²) in [7, 11) is 1.68. The van der Waals surface area contributed by atoms with Crippen molar-refractivity contribution in [2.75, 3.05) is 17.3 Å². The molecule has 0 spiro atoms. The number of para-hydroxylation sites is 1. The van der Waals surface area contributed by atoms with Gasteiger partial charge in [-0.3, -0.25) is 9.59 Å². The molecule has 1 aromatic heterocycles. The van der Waals surface area contributed by atoms with Gasteiger partial charge in [0, 0.05) is 36.1 Å². The summed E-state index contributed by atoms with van der Waals surface area (Å²) in [4.78, 5) is 34.0. The second kappa shape index (κ2) is 10.3. The van der Waals surface area contributed by atoms with E-state index in [0.29, 0.717) is 24.1 Å². The van der Waals surface area contributed by atoms with Crippen molar-refractivity contribution in [3.05, 3.63) is 77.6 Å². The number of hydrogen-bond acceptors (Lipinski definition) is 5. The third-order valence-corrected chi connectivity index (χ3v) is 6.49. The van der Waals surface area contributed by atoms with Gasteiger partial charge in [0.2, 0.25) is 11.9 Å². The molecule has 188 valence electrons. The average Bonchev–Trinajstić information content (AvgIpc) is 3.32. The lowest BCUT2D eigenvalue weighted by atomic mass is 9.90. The number of carbonyl (C=O) groups is 2. The van der Waals surface area contributed by atoms with E-state index in [0.717, 1.165) is 18.3 Å². The molecule has 1 fully saturated rings.